The highest BCUT2D eigenvalue weighted by atomic mass is 35.5. The molecule has 0 aliphatic heterocycles. The van der Waals surface area contributed by atoms with Crippen LogP contribution in [0.1, 0.15) is 15.9 Å². The number of hydrogen-bond acceptors (Lipinski definition) is 2. The molecule has 0 heterocycles. The fourth-order valence-corrected chi connectivity index (χ4v) is 1.87. The number of amides is 1. The largest absolute Gasteiger partial charge is 0.321 e. The predicted octanol–water partition coefficient (Wildman–Crippen LogP) is 4.26. The van der Waals surface area contributed by atoms with Gasteiger partial charge in [0.2, 0.25) is 0 Å². The first-order valence-electron chi connectivity index (χ1n) is 5.48. The van der Waals surface area contributed by atoms with Gasteiger partial charge in [-0.25, -0.2) is 4.39 Å². The van der Waals surface area contributed by atoms with Gasteiger partial charge in [-0.1, -0.05) is 29.3 Å². The second kappa shape index (κ2) is 5.91. The summed E-state index contributed by atoms with van der Waals surface area (Å²) < 4.78 is 13.4. The van der Waals surface area contributed by atoms with E-state index in [0.717, 1.165) is 6.07 Å². The number of nitriles is 1. The van der Waals surface area contributed by atoms with Crippen LogP contribution in [0.3, 0.4) is 0 Å². The minimum Gasteiger partial charge on any atom is -0.321 e. The zero-order valence-corrected chi connectivity index (χ0v) is 11.5. The van der Waals surface area contributed by atoms with E-state index in [1.165, 1.54) is 30.3 Å². The molecule has 0 aliphatic rings. The molecule has 100 valence electrons. The maximum Gasteiger partial charge on any atom is 0.255 e. The lowest BCUT2D eigenvalue weighted by molar-refractivity contribution is 0.102. The van der Waals surface area contributed by atoms with E-state index in [1.807, 2.05) is 0 Å². The van der Waals surface area contributed by atoms with Crippen molar-refractivity contribution in [3.63, 3.8) is 0 Å². The number of anilines is 1. The molecule has 0 radical (unpaired) electrons. The number of carbonyl (C=O) groups is 1. The van der Waals surface area contributed by atoms with Gasteiger partial charge >= 0.3 is 0 Å². The molecule has 0 unspecified atom stereocenters. The SMILES string of the molecule is N#Cc1c(F)cccc1NC(=O)c1ccc(Cl)c(Cl)c1. The summed E-state index contributed by atoms with van der Waals surface area (Å²) >= 11 is 11.6. The van der Waals surface area contributed by atoms with Crippen molar-refractivity contribution in [3.8, 4) is 6.07 Å². The third-order valence-electron chi connectivity index (χ3n) is 2.56. The molecular formula is C14H7Cl2FN2O. The molecule has 1 amide bonds. The monoisotopic (exact) mass is 308 g/mol. The first-order chi connectivity index (χ1) is 9.52. The standard InChI is InChI=1S/C14H7Cl2FN2O/c15-10-5-4-8(6-11(10)16)14(20)19-13-3-1-2-12(17)9(13)7-18/h1-6H,(H,19,20). The van der Waals surface area contributed by atoms with E-state index in [0.29, 0.717) is 5.02 Å². The quantitative estimate of drug-likeness (QED) is 0.901. The van der Waals surface area contributed by atoms with E-state index in [1.54, 1.807) is 6.07 Å². The van der Waals surface area contributed by atoms with Gasteiger partial charge in [-0.3, -0.25) is 4.79 Å². The summed E-state index contributed by atoms with van der Waals surface area (Å²) in [5, 5.41) is 11.9. The summed E-state index contributed by atoms with van der Waals surface area (Å²) in [5.74, 6) is -1.20. The third kappa shape index (κ3) is 2.90. The lowest BCUT2D eigenvalue weighted by Gasteiger charge is -2.08. The average molecular weight is 309 g/mol. The van der Waals surface area contributed by atoms with Crippen molar-refractivity contribution in [2.45, 2.75) is 0 Å². The molecule has 0 saturated heterocycles. The Morgan fingerprint density at radius 3 is 2.60 bits per heavy atom. The summed E-state index contributed by atoms with van der Waals surface area (Å²) in [7, 11) is 0. The Labute approximate surface area is 124 Å². The van der Waals surface area contributed by atoms with Gasteiger partial charge in [-0.15, -0.1) is 0 Å². The summed E-state index contributed by atoms with van der Waals surface area (Å²) in [4.78, 5) is 12.0. The van der Waals surface area contributed by atoms with E-state index in [9.17, 15) is 9.18 Å². The molecule has 6 heteroatoms. The van der Waals surface area contributed by atoms with Gasteiger partial charge in [0.1, 0.15) is 17.4 Å². The predicted molar refractivity (Wildman–Crippen MR) is 75.5 cm³/mol. The van der Waals surface area contributed by atoms with Gasteiger partial charge in [0.25, 0.3) is 5.91 Å². The molecular weight excluding hydrogens is 302 g/mol. The second-order valence-corrected chi connectivity index (χ2v) is 4.67. The van der Waals surface area contributed by atoms with Gasteiger partial charge in [0.05, 0.1) is 15.7 Å². The van der Waals surface area contributed by atoms with Crippen molar-refractivity contribution in [1.82, 2.24) is 0 Å². The van der Waals surface area contributed by atoms with Crippen LogP contribution in [0, 0.1) is 17.1 Å². The zero-order chi connectivity index (χ0) is 14.7. The molecule has 0 spiro atoms. The van der Waals surface area contributed by atoms with Crippen LogP contribution in [0.2, 0.25) is 10.0 Å². The lowest BCUT2D eigenvalue weighted by Crippen LogP contribution is -2.13. The van der Waals surface area contributed by atoms with E-state index in [2.05, 4.69) is 5.32 Å². The van der Waals surface area contributed by atoms with Gasteiger partial charge in [-0.05, 0) is 30.3 Å². The van der Waals surface area contributed by atoms with Crippen molar-refractivity contribution in [3.05, 3.63) is 63.4 Å². The summed E-state index contributed by atoms with van der Waals surface area (Å²) in [6, 6.07) is 10.1. The molecule has 0 atom stereocenters. The average Bonchev–Trinajstić information content (AvgIpc) is 2.42. The van der Waals surface area contributed by atoms with Gasteiger partial charge in [-0.2, -0.15) is 5.26 Å². The van der Waals surface area contributed by atoms with Crippen LogP contribution in [0.15, 0.2) is 36.4 Å². The van der Waals surface area contributed by atoms with Gasteiger partial charge in [0.15, 0.2) is 0 Å². The normalized spacial score (nSPS) is 9.90. The second-order valence-electron chi connectivity index (χ2n) is 3.86. The van der Waals surface area contributed by atoms with Crippen molar-refractivity contribution >= 4 is 34.8 Å². The molecule has 2 rings (SSSR count). The zero-order valence-electron chi connectivity index (χ0n) is 9.95. The molecule has 0 fully saturated rings. The number of rotatable bonds is 2. The summed E-state index contributed by atoms with van der Waals surface area (Å²) in [6.45, 7) is 0. The Hall–Kier alpha value is -2.09. The van der Waals surface area contributed by atoms with E-state index >= 15 is 0 Å². The summed E-state index contributed by atoms with van der Waals surface area (Å²) in [5.41, 5.74) is 0.136. The summed E-state index contributed by atoms with van der Waals surface area (Å²) in [6.07, 6.45) is 0. The maximum absolute atomic E-state index is 13.4. The van der Waals surface area contributed by atoms with Crippen LogP contribution in [-0.2, 0) is 0 Å². The van der Waals surface area contributed by atoms with Crippen LogP contribution in [0.4, 0.5) is 10.1 Å². The number of nitrogens with one attached hydrogen (secondary N) is 1. The minimum absolute atomic E-state index is 0.101. The smallest absolute Gasteiger partial charge is 0.255 e. The highest BCUT2D eigenvalue weighted by molar-refractivity contribution is 6.42. The van der Waals surface area contributed by atoms with Crippen molar-refractivity contribution < 1.29 is 9.18 Å². The number of hydrogen-bond donors (Lipinski definition) is 1. The van der Waals surface area contributed by atoms with E-state index in [4.69, 9.17) is 28.5 Å². The molecule has 1 N–H and O–H groups in total. The molecule has 0 aromatic heterocycles. The Bertz CT molecular complexity index is 726. The highest BCUT2D eigenvalue weighted by Crippen LogP contribution is 2.24. The molecule has 2 aromatic carbocycles. The Balaban J connectivity index is 2.31. The van der Waals surface area contributed by atoms with E-state index < -0.39 is 11.7 Å². The molecule has 0 saturated carbocycles. The number of benzene rings is 2. The van der Waals surface area contributed by atoms with Gasteiger partial charge < -0.3 is 5.32 Å². The molecule has 3 nitrogen and oxygen atoms in total. The molecule has 2 aromatic rings. The van der Waals surface area contributed by atoms with Crippen molar-refractivity contribution in [1.29, 1.82) is 5.26 Å². The molecule has 0 aliphatic carbocycles. The minimum atomic E-state index is -0.695. The third-order valence-corrected chi connectivity index (χ3v) is 3.29. The van der Waals surface area contributed by atoms with Crippen LogP contribution in [0.25, 0.3) is 0 Å². The Morgan fingerprint density at radius 2 is 1.95 bits per heavy atom. The fourth-order valence-electron chi connectivity index (χ4n) is 1.57. The van der Waals surface area contributed by atoms with Crippen LogP contribution in [0.5, 0.6) is 0 Å². The first kappa shape index (κ1) is 14.3. The number of nitrogens with zero attached hydrogens (tertiary/aromatic N) is 1. The first-order valence-corrected chi connectivity index (χ1v) is 6.23. The molecule has 20 heavy (non-hydrogen) atoms. The van der Waals surface area contributed by atoms with Crippen LogP contribution < -0.4 is 5.32 Å². The lowest BCUT2D eigenvalue weighted by atomic mass is 10.1. The van der Waals surface area contributed by atoms with Crippen molar-refractivity contribution in [2.75, 3.05) is 5.32 Å². The Kier molecular flexibility index (Phi) is 4.23. The number of halogens is 3. The van der Waals surface area contributed by atoms with Crippen molar-refractivity contribution in [2.24, 2.45) is 0 Å². The highest BCUT2D eigenvalue weighted by Gasteiger charge is 2.13. The van der Waals surface area contributed by atoms with Gasteiger partial charge in [0, 0.05) is 5.56 Å². The fraction of sp³-hybridized carbons (Fsp3) is 0. The maximum atomic E-state index is 13.4. The van der Waals surface area contributed by atoms with Crippen LogP contribution in [-0.4, -0.2) is 5.91 Å². The molecule has 0 bridgehead atoms. The van der Waals surface area contributed by atoms with Crippen LogP contribution >= 0.6 is 23.2 Å². The number of carbonyl (C=O) groups excluding carboxylic acids is 1. The van der Waals surface area contributed by atoms with E-state index in [-0.39, 0.29) is 21.8 Å². The Morgan fingerprint density at radius 1 is 1.20 bits per heavy atom. The topological polar surface area (TPSA) is 52.9 Å².